The fourth-order valence-electron chi connectivity index (χ4n) is 7.57. The van der Waals surface area contributed by atoms with E-state index in [4.69, 9.17) is 25.1 Å². The third-order valence-corrected chi connectivity index (χ3v) is 11.8. The summed E-state index contributed by atoms with van der Waals surface area (Å²) in [5.41, 5.74) is 7.86. The molecule has 19 nitrogen and oxygen atoms in total. The Morgan fingerprint density at radius 1 is 0.853 bits per heavy atom. The first-order valence-electron chi connectivity index (χ1n) is 22.0. The Bertz CT molecular complexity index is 2760. The van der Waals surface area contributed by atoms with E-state index < -0.39 is 28.1 Å². The van der Waals surface area contributed by atoms with Crippen LogP contribution in [0, 0.1) is 0 Å². The summed E-state index contributed by atoms with van der Waals surface area (Å²) < 4.78 is 44.4. The van der Waals surface area contributed by atoms with Gasteiger partial charge in [0.15, 0.2) is 5.75 Å². The Labute approximate surface area is 395 Å². The molecule has 68 heavy (non-hydrogen) atoms. The summed E-state index contributed by atoms with van der Waals surface area (Å²) in [6.07, 6.45) is 3.57. The number of sulfonamides is 1. The highest BCUT2D eigenvalue weighted by Gasteiger charge is 2.24. The number of nitrogens with zero attached hydrogens (tertiary/aromatic N) is 3. The van der Waals surface area contributed by atoms with Crippen LogP contribution in [0.4, 0.5) is 33.4 Å². The molecule has 1 atom stereocenters. The van der Waals surface area contributed by atoms with Crippen molar-refractivity contribution >= 4 is 73.2 Å². The monoisotopic (exact) mass is 953 g/mol. The number of carbonyl (C=O) groups is 4. The highest BCUT2D eigenvalue weighted by molar-refractivity contribution is 7.92. The number of pyridine rings is 1. The van der Waals surface area contributed by atoms with E-state index in [1.165, 1.54) is 14.2 Å². The number of anilines is 5. The summed E-state index contributed by atoms with van der Waals surface area (Å²) in [6, 6.07) is 21.3. The Balaban J connectivity index is 1.05. The zero-order chi connectivity index (χ0) is 49.2. The van der Waals surface area contributed by atoms with Crippen LogP contribution in [0.1, 0.15) is 56.0 Å². The normalized spacial score (nSPS) is 13.5. The lowest BCUT2D eigenvalue weighted by molar-refractivity contribution is -0.139. The summed E-state index contributed by atoms with van der Waals surface area (Å²) in [7, 11) is -0.780. The molecule has 1 fully saturated rings. The Hall–Kier alpha value is -7.16. The predicted octanol–water partition coefficient (Wildman–Crippen LogP) is 6.56. The van der Waals surface area contributed by atoms with E-state index >= 15 is 0 Å². The van der Waals surface area contributed by atoms with Crippen molar-refractivity contribution in [2.75, 3.05) is 80.4 Å². The van der Waals surface area contributed by atoms with Crippen molar-refractivity contribution in [1.82, 2.24) is 20.1 Å². The minimum atomic E-state index is -3.66. The molecule has 1 aliphatic rings. The number of fused-ring (bicyclic) bond motifs is 1. The molecular weight excluding hydrogens is 895 g/mol. The summed E-state index contributed by atoms with van der Waals surface area (Å²) >= 11 is 0. The van der Waals surface area contributed by atoms with Crippen LogP contribution >= 0.6 is 0 Å². The second-order valence-electron chi connectivity index (χ2n) is 17.3. The first-order valence-corrected chi connectivity index (χ1v) is 23.9. The SMILES string of the molecule is COc1cc(Nc2cc(Oc3ccc(NC(=O)Nc4cc(C(C)(C)C)cc(NS(C)(=O)=O)c4OC)c4ccccc34)ccn2)ccc1C(=O)NCCN1CCN(C(=O)CCC[C@@H](N)C(=O)O)CC1. The van der Waals surface area contributed by atoms with Crippen molar-refractivity contribution in [3.8, 4) is 23.0 Å². The van der Waals surface area contributed by atoms with E-state index in [9.17, 15) is 27.6 Å². The molecule has 362 valence electrons. The predicted molar refractivity (Wildman–Crippen MR) is 262 cm³/mol. The maximum absolute atomic E-state index is 13.6. The average Bonchev–Trinajstić information content (AvgIpc) is 3.29. The molecule has 0 spiro atoms. The molecule has 1 saturated heterocycles. The third-order valence-electron chi connectivity index (χ3n) is 11.2. The van der Waals surface area contributed by atoms with E-state index in [-0.39, 0.29) is 47.2 Å². The van der Waals surface area contributed by atoms with E-state index in [0.29, 0.717) is 96.5 Å². The maximum Gasteiger partial charge on any atom is 0.323 e. The standard InChI is InChI=1S/C48H59N9O10S/c1-48(2,3)30-26-38(44(66-5)39(27-30)55-68(6,63)64)54-47(62)53-37-16-17-40(34-11-8-7-10-33(34)37)67-32-18-19-50-42(29-32)52-31-14-15-35(41(28-31)65-4)45(59)51-20-21-56-22-24-57(25-23-56)43(58)13-9-12-36(49)46(60)61/h7-8,10-11,14-19,26-29,36,55H,9,12-13,20-25,49H2,1-6H3,(H,50,52)(H,51,59)(H,60,61)(H2,53,54,62)/t36-/m1/s1. The van der Waals surface area contributed by atoms with Crippen molar-refractivity contribution in [3.05, 3.63) is 96.2 Å². The van der Waals surface area contributed by atoms with E-state index in [2.05, 4.69) is 35.9 Å². The van der Waals surface area contributed by atoms with Crippen molar-refractivity contribution in [3.63, 3.8) is 0 Å². The van der Waals surface area contributed by atoms with Gasteiger partial charge in [-0.2, -0.15) is 0 Å². The highest BCUT2D eigenvalue weighted by Crippen LogP contribution is 2.40. The molecule has 0 radical (unpaired) electrons. The number of aliphatic carboxylic acids is 1. The molecule has 4 aromatic carbocycles. The molecule has 0 saturated carbocycles. The number of amides is 4. The Kier molecular flexibility index (Phi) is 16.3. The van der Waals surface area contributed by atoms with Gasteiger partial charge in [0.1, 0.15) is 29.1 Å². The number of carbonyl (C=O) groups excluding carboxylic acids is 3. The molecular formula is C48H59N9O10S. The van der Waals surface area contributed by atoms with Gasteiger partial charge in [0.25, 0.3) is 5.91 Å². The van der Waals surface area contributed by atoms with Gasteiger partial charge in [-0.25, -0.2) is 18.2 Å². The highest BCUT2D eigenvalue weighted by atomic mass is 32.2. The van der Waals surface area contributed by atoms with Crippen LogP contribution in [0.3, 0.4) is 0 Å². The molecule has 20 heteroatoms. The van der Waals surface area contributed by atoms with Gasteiger partial charge in [0.05, 0.1) is 43.1 Å². The lowest BCUT2D eigenvalue weighted by atomic mass is 9.86. The summed E-state index contributed by atoms with van der Waals surface area (Å²) in [6.45, 7) is 9.33. The number of ether oxygens (including phenoxy) is 3. The molecule has 6 rings (SSSR count). The van der Waals surface area contributed by atoms with Crippen molar-refractivity contribution in [2.45, 2.75) is 51.5 Å². The number of rotatable bonds is 19. The number of hydrogen-bond donors (Lipinski definition) is 7. The molecule has 1 aromatic heterocycles. The first-order chi connectivity index (χ1) is 32.3. The molecule has 4 amide bonds. The van der Waals surface area contributed by atoms with Crippen molar-refractivity contribution in [2.24, 2.45) is 5.73 Å². The number of piperazine rings is 1. The minimum Gasteiger partial charge on any atom is -0.496 e. The van der Waals surface area contributed by atoms with Gasteiger partial charge in [-0.3, -0.25) is 24.0 Å². The smallest absolute Gasteiger partial charge is 0.323 e. The zero-order valence-electron chi connectivity index (χ0n) is 39.0. The van der Waals surface area contributed by atoms with Crippen LogP contribution in [0.15, 0.2) is 85.1 Å². The van der Waals surface area contributed by atoms with E-state index in [1.807, 2.05) is 45.0 Å². The fourth-order valence-corrected chi connectivity index (χ4v) is 8.12. The molecule has 0 bridgehead atoms. The fraction of sp³-hybridized carbons (Fsp3) is 0.354. The number of nitrogens with one attached hydrogen (secondary N) is 5. The first kappa shape index (κ1) is 50.3. The Morgan fingerprint density at radius 3 is 2.24 bits per heavy atom. The summed E-state index contributed by atoms with van der Waals surface area (Å²) in [4.78, 5) is 58.7. The van der Waals surface area contributed by atoms with E-state index in [1.54, 1.807) is 65.7 Å². The lowest BCUT2D eigenvalue weighted by Crippen LogP contribution is -2.50. The molecule has 1 aliphatic heterocycles. The summed E-state index contributed by atoms with van der Waals surface area (Å²) in [5.74, 6) is 0.586. The number of urea groups is 1. The largest absolute Gasteiger partial charge is 0.496 e. The maximum atomic E-state index is 13.6. The number of carboxylic acids is 1. The van der Waals surface area contributed by atoms with Crippen LogP contribution in [0.25, 0.3) is 10.8 Å². The molecule has 0 aliphatic carbocycles. The number of nitrogens with two attached hydrogens (primary N) is 1. The number of methoxy groups -OCH3 is 2. The molecule has 2 heterocycles. The van der Waals surface area contributed by atoms with Crippen LogP contribution in [0.5, 0.6) is 23.0 Å². The summed E-state index contributed by atoms with van der Waals surface area (Å²) in [5, 5.41) is 22.3. The second kappa shape index (κ2) is 22.1. The number of benzene rings is 4. The van der Waals surface area contributed by atoms with Crippen molar-refractivity contribution < 1.29 is 46.9 Å². The van der Waals surface area contributed by atoms with Gasteiger partial charge in [0.2, 0.25) is 15.9 Å². The van der Waals surface area contributed by atoms with Gasteiger partial charge >= 0.3 is 12.0 Å². The van der Waals surface area contributed by atoms with Gasteiger partial charge in [0, 0.05) is 80.5 Å². The van der Waals surface area contributed by atoms with Gasteiger partial charge in [-0.15, -0.1) is 0 Å². The van der Waals surface area contributed by atoms with Gasteiger partial charge in [-0.05, 0) is 66.3 Å². The topological polar surface area (TPSA) is 256 Å². The zero-order valence-corrected chi connectivity index (χ0v) is 39.8. The van der Waals surface area contributed by atoms with Gasteiger partial charge in [-0.1, -0.05) is 45.0 Å². The number of hydrogen-bond acceptors (Lipinski definition) is 13. The van der Waals surface area contributed by atoms with Crippen LogP contribution in [0.2, 0.25) is 0 Å². The lowest BCUT2D eigenvalue weighted by Gasteiger charge is -2.34. The van der Waals surface area contributed by atoms with Crippen LogP contribution < -0.4 is 45.9 Å². The third kappa shape index (κ3) is 13.5. The number of aromatic nitrogens is 1. The minimum absolute atomic E-state index is 0.0142. The Morgan fingerprint density at radius 2 is 1.56 bits per heavy atom. The van der Waals surface area contributed by atoms with E-state index in [0.717, 1.165) is 11.8 Å². The number of carboxylic acid groups (broad SMARTS) is 1. The molecule has 5 aromatic rings. The van der Waals surface area contributed by atoms with Crippen LogP contribution in [-0.2, 0) is 25.0 Å². The molecule has 0 unspecified atom stereocenters. The van der Waals surface area contributed by atoms with Crippen molar-refractivity contribution in [1.29, 1.82) is 0 Å². The second-order valence-corrected chi connectivity index (χ2v) is 19.0. The van der Waals surface area contributed by atoms with Crippen LogP contribution in [-0.4, -0.2) is 118 Å². The average molecular weight is 954 g/mol. The van der Waals surface area contributed by atoms with Gasteiger partial charge < -0.3 is 51.2 Å². The molecule has 8 N–H and O–H groups in total. The quantitative estimate of drug-likeness (QED) is 0.0463.